The Hall–Kier alpha value is -1.66. The van der Waals surface area contributed by atoms with Crippen LogP contribution in [0.4, 0.5) is 11.6 Å². The maximum Gasteiger partial charge on any atom is 0.148 e. The summed E-state index contributed by atoms with van der Waals surface area (Å²) in [5.41, 5.74) is 5.06. The quantitative estimate of drug-likeness (QED) is 0.597. The third-order valence-electron chi connectivity index (χ3n) is 4.01. The van der Waals surface area contributed by atoms with E-state index >= 15 is 0 Å². The Kier molecular flexibility index (Phi) is 4.07. The Morgan fingerprint density at radius 3 is 2.95 bits per heavy atom. The number of aromatic nitrogens is 2. The fourth-order valence-electron chi connectivity index (χ4n) is 2.80. The van der Waals surface area contributed by atoms with Crippen molar-refractivity contribution in [2.24, 2.45) is 5.84 Å². The molecule has 0 saturated heterocycles. The second kappa shape index (κ2) is 5.99. The van der Waals surface area contributed by atoms with Crippen LogP contribution in [0.2, 0.25) is 0 Å². The summed E-state index contributed by atoms with van der Waals surface area (Å²) in [6.45, 7) is 4.04. The van der Waals surface area contributed by atoms with Gasteiger partial charge in [-0.15, -0.1) is 11.3 Å². The Morgan fingerprint density at radius 2 is 2.19 bits per heavy atom. The van der Waals surface area contributed by atoms with Gasteiger partial charge >= 0.3 is 0 Å². The van der Waals surface area contributed by atoms with Crippen LogP contribution in [0.1, 0.15) is 47.6 Å². The Labute approximate surface area is 129 Å². The maximum absolute atomic E-state index is 5.57. The lowest BCUT2D eigenvalue weighted by atomic mass is 9.94. The summed E-state index contributed by atoms with van der Waals surface area (Å²) in [7, 11) is 0. The number of hydrogen-bond donors (Lipinski definition) is 3. The van der Waals surface area contributed by atoms with Crippen LogP contribution in [0.3, 0.4) is 0 Å². The zero-order valence-electron chi connectivity index (χ0n) is 12.4. The van der Waals surface area contributed by atoms with Crippen molar-refractivity contribution in [3.63, 3.8) is 0 Å². The standard InChI is InChI=1S/C15H21N5S/c1-3-13-18-14(9(2)15(19-13)20-16)17-11-5-4-6-12-10(11)7-8-21-12/h7-8,11H,3-6,16H2,1-2H3,(H2,17,18,19,20). The minimum Gasteiger partial charge on any atom is -0.363 e. The molecule has 4 N–H and O–H groups in total. The molecule has 0 saturated carbocycles. The molecule has 3 rings (SSSR count). The van der Waals surface area contributed by atoms with E-state index in [2.05, 4.69) is 32.2 Å². The predicted octanol–water partition coefficient (Wildman–Crippen LogP) is 3.18. The van der Waals surface area contributed by atoms with Gasteiger partial charge < -0.3 is 10.7 Å². The summed E-state index contributed by atoms with van der Waals surface area (Å²) in [6.07, 6.45) is 4.35. The zero-order valence-corrected chi connectivity index (χ0v) is 13.3. The highest BCUT2D eigenvalue weighted by Gasteiger charge is 2.22. The van der Waals surface area contributed by atoms with Gasteiger partial charge in [-0.25, -0.2) is 15.8 Å². The highest BCUT2D eigenvalue weighted by Crippen LogP contribution is 2.36. The molecule has 0 aliphatic heterocycles. The smallest absolute Gasteiger partial charge is 0.148 e. The molecule has 0 amide bonds. The predicted molar refractivity (Wildman–Crippen MR) is 87.6 cm³/mol. The average molecular weight is 303 g/mol. The van der Waals surface area contributed by atoms with Gasteiger partial charge in [0.1, 0.15) is 17.5 Å². The minimum atomic E-state index is 0.337. The van der Waals surface area contributed by atoms with Gasteiger partial charge in [-0.1, -0.05) is 6.92 Å². The molecule has 0 spiro atoms. The molecular formula is C15H21N5S. The molecule has 1 unspecified atom stereocenters. The molecule has 2 aromatic heterocycles. The number of hydrazine groups is 1. The van der Waals surface area contributed by atoms with Crippen molar-refractivity contribution in [1.29, 1.82) is 0 Å². The summed E-state index contributed by atoms with van der Waals surface area (Å²) < 4.78 is 0. The van der Waals surface area contributed by atoms with Crippen LogP contribution in [0.25, 0.3) is 0 Å². The van der Waals surface area contributed by atoms with Crippen molar-refractivity contribution in [3.05, 3.63) is 33.3 Å². The minimum absolute atomic E-state index is 0.337. The van der Waals surface area contributed by atoms with E-state index in [1.54, 1.807) is 0 Å². The van der Waals surface area contributed by atoms with E-state index in [9.17, 15) is 0 Å². The number of nitrogens with two attached hydrogens (primary N) is 1. The second-order valence-electron chi connectivity index (χ2n) is 5.35. The van der Waals surface area contributed by atoms with E-state index in [4.69, 9.17) is 5.84 Å². The van der Waals surface area contributed by atoms with Gasteiger partial charge in [0.15, 0.2) is 0 Å². The number of rotatable bonds is 4. The normalized spacial score (nSPS) is 17.4. The first-order valence-electron chi connectivity index (χ1n) is 7.39. The molecule has 112 valence electrons. The third kappa shape index (κ3) is 2.73. The van der Waals surface area contributed by atoms with Crippen LogP contribution in [-0.2, 0) is 12.8 Å². The third-order valence-corrected chi connectivity index (χ3v) is 5.00. The first kappa shape index (κ1) is 14.3. The molecule has 1 aliphatic carbocycles. The molecular weight excluding hydrogens is 282 g/mol. The maximum atomic E-state index is 5.57. The van der Waals surface area contributed by atoms with E-state index in [-0.39, 0.29) is 0 Å². The molecule has 1 aliphatic rings. The molecule has 0 bridgehead atoms. The molecule has 21 heavy (non-hydrogen) atoms. The lowest BCUT2D eigenvalue weighted by Crippen LogP contribution is -2.19. The number of fused-ring (bicyclic) bond motifs is 1. The van der Waals surface area contributed by atoms with Crippen LogP contribution in [0.5, 0.6) is 0 Å². The Balaban J connectivity index is 1.92. The molecule has 0 aromatic carbocycles. The molecule has 6 heteroatoms. The fraction of sp³-hybridized carbons (Fsp3) is 0.467. The summed E-state index contributed by atoms with van der Waals surface area (Å²) in [5.74, 6) is 7.96. The van der Waals surface area contributed by atoms with E-state index < -0.39 is 0 Å². The summed E-state index contributed by atoms with van der Waals surface area (Å²) >= 11 is 1.85. The Morgan fingerprint density at radius 1 is 1.38 bits per heavy atom. The number of thiophene rings is 1. The highest BCUT2D eigenvalue weighted by atomic mass is 32.1. The number of nitrogens with one attached hydrogen (secondary N) is 2. The van der Waals surface area contributed by atoms with Crippen LogP contribution in [0, 0.1) is 6.92 Å². The molecule has 2 aromatic rings. The number of nitrogen functional groups attached to an aromatic ring is 1. The number of aryl methyl sites for hydroxylation is 2. The molecule has 2 heterocycles. The molecule has 5 nitrogen and oxygen atoms in total. The molecule has 0 radical (unpaired) electrons. The zero-order chi connectivity index (χ0) is 14.8. The fourth-order valence-corrected chi connectivity index (χ4v) is 3.79. The average Bonchev–Trinajstić information content (AvgIpc) is 2.99. The number of nitrogens with zero attached hydrogens (tertiary/aromatic N) is 2. The van der Waals surface area contributed by atoms with Crippen molar-refractivity contribution in [1.82, 2.24) is 9.97 Å². The van der Waals surface area contributed by atoms with Crippen molar-refractivity contribution in [2.45, 2.75) is 45.6 Å². The summed E-state index contributed by atoms with van der Waals surface area (Å²) in [5, 5.41) is 5.78. The lowest BCUT2D eigenvalue weighted by Gasteiger charge is -2.25. The van der Waals surface area contributed by atoms with Gasteiger partial charge in [-0.2, -0.15) is 0 Å². The molecule has 0 fully saturated rings. The van der Waals surface area contributed by atoms with Crippen molar-refractivity contribution in [3.8, 4) is 0 Å². The lowest BCUT2D eigenvalue weighted by molar-refractivity contribution is 0.606. The van der Waals surface area contributed by atoms with E-state index in [1.165, 1.54) is 23.3 Å². The van der Waals surface area contributed by atoms with Gasteiger partial charge in [-0.05, 0) is 43.2 Å². The number of hydrogen-bond acceptors (Lipinski definition) is 6. The van der Waals surface area contributed by atoms with E-state index in [1.807, 2.05) is 25.2 Å². The highest BCUT2D eigenvalue weighted by molar-refractivity contribution is 7.10. The van der Waals surface area contributed by atoms with Gasteiger partial charge in [0, 0.05) is 16.9 Å². The largest absolute Gasteiger partial charge is 0.363 e. The van der Waals surface area contributed by atoms with Crippen molar-refractivity contribution in [2.75, 3.05) is 10.7 Å². The van der Waals surface area contributed by atoms with E-state index in [0.717, 1.165) is 30.0 Å². The van der Waals surface area contributed by atoms with Crippen molar-refractivity contribution >= 4 is 23.0 Å². The van der Waals surface area contributed by atoms with Crippen LogP contribution >= 0.6 is 11.3 Å². The molecule has 1 atom stereocenters. The van der Waals surface area contributed by atoms with Crippen LogP contribution in [-0.4, -0.2) is 9.97 Å². The van der Waals surface area contributed by atoms with Crippen LogP contribution in [0.15, 0.2) is 11.4 Å². The first-order chi connectivity index (χ1) is 10.2. The first-order valence-corrected chi connectivity index (χ1v) is 8.27. The SMILES string of the molecule is CCc1nc(NN)c(C)c(NC2CCCc3sccc32)n1. The number of anilines is 2. The van der Waals surface area contributed by atoms with Crippen LogP contribution < -0.4 is 16.6 Å². The second-order valence-corrected chi connectivity index (χ2v) is 6.35. The summed E-state index contributed by atoms with van der Waals surface area (Å²) in [6, 6.07) is 2.57. The summed E-state index contributed by atoms with van der Waals surface area (Å²) in [4.78, 5) is 10.5. The van der Waals surface area contributed by atoms with Gasteiger partial charge in [0.25, 0.3) is 0 Å². The monoisotopic (exact) mass is 303 g/mol. The van der Waals surface area contributed by atoms with Crippen molar-refractivity contribution < 1.29 is 0 Å². The van der Waals surface area contributed by atoms with E-state index in [0.29, 0.717) is 11.9 Å². The van der Waals surface area contributed by atoms with Gasteiger partial charge in [-0.3, -0.25) is 0 Å². The Bertz CT molecular complexity index is 637. The van der Waals surface area contributed by atoms with Gasteiger partial charge in [0.2, 0.25) is 0 Å². The van der Waals surface area contributed by atoms with Gasteiger partial charge in [0.05, 0.1) is 6.04 Å². The topological polar surface area (TPSA) is 75.9 Å².